The lowest BCUT2D eigenvalue weighted by atomic mass is 9.99. The van der Waals surface area contributed by atoms with Crippen LogP contribution in [-0.2, 0) is 4.79 Å². The van der Waals surface area contributed by atoms with Crippen LogP contribution in [-0.4, -0.2) is 19.6 Å². The molecule has 0 saturated heterocycles. The van der Waals surface area contributed by atoms with E-state index in [-0.39, 0.29) is 5.91 Å². The maximum Gasteiger partial charge on any atom is 0.244 e. The van der Waals surface area contributed by atoms with Crippen molar-refractivity contribution in [2.45, 2.75) is 13.8 Å². The molecule has 3 rings (SSSR count). The van der Waals surface area contributed by atoms with Crippen LogP contribution in [0.15, 0.2) is 47.1 Å². The zero-order chi connectivity index (χ0) is 19.6. The Morgan fingerprint density at radius 3 is 2.67 bits per heavy atom. The highest BCUT2D eigenvalue weighted by molar-refractivity contribution is 6.36. The van der Waals surface area contributed by atoms with Gasteiger partial charge in [-0.3, -0.25) is 4.79 Å². The van der Waals surface area contributed by atoms with E-state index >= 15 is 0 Å². The zero-order valence-corrected chi connectivity index (χ0v) is 16.7. The fourth-order valence-electron chi connectivity index (χ4n) is 2.95. The summed E-state index contributed by atoms with van der Waals surface area (Å²) < 4.78 is 11.2. The van der Waals surface area contributed by atoms with Crippen LogP contribution in [0.2, 0.25) is 10.0 Å². The van der Waals surface area contributed by atoms with E-state index < -0.39 is 0 Å². The van der Waals surface area contributed by atoms with Crippen molar-refractivity contribution >= 4 is 45.7 Å². The molecule has 0 radical (unpaired) electrons. The molecule has 0 unspecified atom stereocenters. The Morgan fingerprint density at radius 1 is 1.22 bits per heavy atom. The van der Waals surface area contributed by atoms with Gasteiger partial charge in [0, 0.05) is 45.8 Å². The molecular weight excluding hydrogens is 385 g/mol. The summed E-state index contributed by atoms with van der Waals surface area (Å²) in [6.07, 6.45) is 3.22. The van der Waals surface area contributed by atoms with Gasteiger partial charge >= 0.3 is 0 Å². The molecule has 0 aliphatic heterocycles. The van der Waals surface area contributed by atoms with Gasteiger partial charge in [0.15, 0.2) is 0 Å². The van der Waals surface area contributed by atoms with Gasteiger partial charge in [0.25, 0.3) is 0 Å². The number of furan rings is 1. The summed E-state index contributed by atoms with van der Waals surface area (Å²) in [7, 11) is 1.59. The summed E-state index contributed by atoms with van der Waals surface area (Å²) in [4.78, 5) is 11.9. The van der Waals surface area contributed by atoms with Crippen LogP contribution < -0.4 is 10.1 Å². The largest absolute Gasteiger partial charge is 0.496 e. The Balaban J connectivity index is 2.16. The molecule has 1 amide bonds. The van der Waals surface area contributed by atoms with E-state index in [0.717, 1.165) is 27.6 Å². The molecular formula is C21H19Cl2NO3. The van der Waals surface area contributed by atoms with Crippen LogP contribution in [0.1, 0.15) is 19.4 Å². The molecule has 3 aromatic rings. The van der Waals surface area contributed by atoms with Gasteiger partial charge in [-0.1, -0.05) is 29.3 Å². The highest BCUT2D eigenvalue weighted by Crippen LogP contribution is 2.40. The lowest BCUT2D eigenvalue weighted by Gasteiger charge is -2.10. The number of amides is 1. The number of carbonyl (C=O) groups is 1. The molecule has 2 aromatic carbocycles. The average molecular weight is 404 g/mol. The first-order valence-corrected chi connectivity index (χ1v) is 9.21. The second-order valence-corrected chi connectivity index (χ2v) is 6.89. The summed E-state index contributed by atoms with van der Waals surface area (Å²) in [6, 6.07) is 9.10. The SMILES string of the molecule is CCNC(=O)/C=C(\C)c1cc2c(-c3ccc(Cl)cc3Cl)coc2cc1OC. The van der Waals surface area contributed by atoms with Gasteiger partial charge in [0.1, 0.15) is 11.3 Å². The zero-order valence-electron chi connectivity index (χ0n) is 15.2. The van der Waals surface area contributed by atoms with Crippen molar-refractivity contribution in [3.05, 3.63) is 58.3 Å². The van der Waals surface area contributed by atoms with Crippen molar-refractivity contribution in [3.63, 3.8) is 0 Å². The smallest absolute Gasteiger partial charge is 0.244 e. The van der Waals surface area contributed by atoms with Gasteiger partial charge < -0.3 is 14.5 Å². The molecule has 0 fully saturated rings. The van der Waals surface area contributed by atoms with E-state index in [1.165, 1.54) is 0 Å². The minimum absolute atomic E-state index is 0.148. The number of likely N-dealkylation sites (N-methyl/N-ethyl adjacent to an activating group) is 1. The van der Waals surface area contributed by atoms with Crippen LogP contribution in [0, 0.1) is 0 Å². The van der Waals surface area contributed by atoms with Crippen LogP contribution in [0.25, 0.3) is 27.7 Å². The molecule has 1 aromatic heterocycles. The number of rotatable bonds is 5. The van der Waals surface area contributed by atoms with Crippen LogP contribution in [0.4, 0.5) is 0 Å². The Bertz CT molecular complexity index is 1040. The molecule has 0 aliphatic carbocycles. The molecule has 6 heteroatoms. The van der Waals surface area contributed by atoms with E-state index in [2.05, 4.69) is 5.32 Å². The molecule has 0 spiro atoms. The van der Waals surface area contributed by atoms with E-state index in [0.29, 0.717) is 27.9 Å². The predicted octanol–water partition coefficient (Wildman–Crippen LogP) is 5.95. The van der Waals surface area contributed by atoms with Crippen molar-refractivity contribution in [1.29, 1.82) is 0 Å². The number of fused-ring (bicyclic) bond motifs is 1. The van der Waals surface area contributed by atoms with E-state index in [1.54, 1.807) is 31.6 Å². The van der Waals surface area contributed by atoms with Gasteiger partial charge in [-0.05, 0) is 37.6 Å². The van der Waals surface area contributed by atoms with Gasteiger partial charge in [-0.25, -0.2) is 0 Å². The average Bonchev–Trinajstić information content (AvgIpc) is 3.03. The van der Waals surface area contributed by atoms with Crippen molar-refractivity contribution in [1.82, 2.24) is 5.32 Å². The minimum atomic E-state index is -0.148. The Labute approximate surface area is 167 Å². The topological polar surface area (TPSA) is 51.5 Å². The first-order chi connectivity index (χ1) is 12.9. The number of halogens is 2. The normalized spacial score (nSPS) is 11.7. The van der Waals surface area contributed by atoms with E-state index in [9.17, 15) is 4.79 Å². The fourth-order valence-corrected chi connectivity index (χ4v) is 3.46. The van der Waals surface area contributed by atoms with Gasteiger partial charge in [-0.15, -0.1) is 0 Å². The summed E-state index contributed by atoms with van der Waals surface area (Å²) in [6.45, 7) is 4.31. The Hall–Kier alpha value is -2.43. The van der Waals surface area contributed by atoms with Crippen LogP contribution >= 0.6 is 23.2 Å². The lowest BCUT2D eigenvalue weighted by molar-refractivity contribution is -0.116. The van der Waals surface area contributed by atoms with Gasteiger partial charge in [0.2, 0.25) is 5.91 Å². The highest BCUT2D eigenvalue weighted by Gasteiger charge is 2.16. The predicted molar refractivity (Wildman–Crippen MR) is 111 cm³/mol. The van der Waals surface area contributed by atoms with Crippen molar-refractivity contribution in [2.24, 2.45) is 0 Å². The molecule has 0 saturated carbocycles. The number of hydrogen-bond acceptors (Lipinski definition) is 3. The van der Waals surface area contributed by atoms with Crippen molar-refractivity contribution in [2.75, 3.05) is 13.7 Å². The maximum absolute atomic E-state index is 11.9. The third kappa shape index (κ3) is 3.97. The van der Waals surface area contributed by atoms with Crippen LogP contribution in [0.5, 0.6) is 5.75 Å². The standard InChI is InChI=1S/C21H19Cl2NO3/c1-4-24-21(25)7-12(2)15-9-16-17(11-27-20(16)10-19(15)26-3)14-6-5-13(22)8-18(14)23/h5-11H,4H2,1-3H3,(H,24,25)/b12-7+. The Morgan fingerprint density at radius 2 is 2.00 bits per heavy atom. The van der Waals surface area contributed by atoms with Crippen molar-refractivity contribution < 1.29 is 13.9 Å². The number of nitrogens with one attached hydrogen (secondary N) is 1. The number of carbonyl (C=O) groups excluding carboxylic acids is 1. The maximum atomic E-state index is 11.9. The first kappa shape index (κ1) is 19.3. The quantitative estimate of drug-likeness (QED) is 0.535. The molecule has 140 valence electrons. The monoisotopic (exact) mass is 403 g/mol. The van der Waals surface area contributed by atoms with E-state index in [1.807, 2.05) is 32.0 Å². The highest BCUT2D eigenvalue weighted by atomic mass is 35.5. The third-order valence-corrected chi connectivity index (χ3v) is 4.79. The number of allylic oxidation sites excluding steroid dienone is 1. The summed E-state index contributed by atoms with van der Waals surface area (Å²) in [5.41, 5.74) is 3.93. The number of methoxy groups -OCH3 is 1. The number of ether oxygens (including phenoxy) is 1. The van der Waals surface area contributed by atoms with Gasteiger partial charge in [-0.2, -0.15) is 0 Å². The number of hydrogen-bond donors (Lipinski definition) is 1. The summed E-state index contributed by atoms with van der Waals surface area (Å²) in [5.74, 6) is 0.481. The Kier molecular flexibility index (Phi) is 5.78. The second kappa shape index (κ2) is 8.07. The fraction of sp³-hybridized carbons (Fsp3) is 0.190. The van der Waals surface area contributed by atoms with E-state index in [4.69, 9.17) is 32.4 Å². The third-order valence-electron chi connectivity index (χ3n) is 4.24. The number of benzene rings is 2. The lowest BCUT2D eigenvalue weighted by Crippen LogP contribution is -2.20. The molecule has 0 atom stereocenters. The molecule has 27 heavy (non-hydrogen) atoms. The second-order valence-electron chi connectivity index (χ2n) is 6.04. The summed E-state index contributed by atoms with van der Waals surface area (Å²) >= 11 is 12.4. The van der Waals surface area contributed by atoms with Crippen LogP contribution in [0.3, 0.4) is 0 Å². The molecule has 1 heterocycles. The molecule has 1 N–H and O–H groups in total. The first-order valence-electron chi connectivity index (χ1n) is 8.45. The van der Waals surface area contributed by atoms with Crippen molar-refractivity contribution in [3.8, 4) is 16.9 Å². The van der Waals surface area contributed by atoms with Gasteiger partial charge in [0.05, 0.1) is 18.4 Å². The molecule has 0 bridgehead atoms. The molecule has 4 nitrogen and oxygen atoms in total. The summed E-state index contributed by atoms with van der Waals surface area (Å²) in [5, 5.41) is 4.74. The molecule has 0 aliphatic rings. The minimum Gasteiger partial charge on any atom is -0.496 e.